The number of nitrogens with zero attached hydrogens (tertiary/aromatic N) is 1. The first-order chi connectivity index (χ1) is 10.1. The van der Waals surface area contributed by atoms with Gasteiger partial charge in [-0.05, 0) is 24.6 Å². The Kier molecular flexibility index (Phi) is 5.67. The van der Waals surface area contributed by atoms with Crippen molar-refractivity contribution in [1.82, 2.24) is 10.2 Å². The van der Waals surface area contributed by atoms with Crippen molar-refractivity contribution in [3.63, 3.8) is 0 Å². The zero-order chi connectivity index (χ0) is 15.2. The van der Waals surface area contributed by atoms with Crippen LogP contribution in [0.3, 0.4) is 0 Å². The summed E-state index contributed by atoms with van der Waals surface area (Å²) in [6, 6.07) is 5.86. The molecule has 1 aromatic rings. The minimum Gasteiger partial charge on any atom is -0.379 e. The van der Waals surface area contributed by atoms with Crippen LogP contribution < -0.4 is 11.1 Å². The Morgan fingerprint density at radius 3 is 2.81 bits per heavy atom. The molecule has 1 fully saturated rings. The van der Waals surface area contributed by atoms with Crippen LogP contribution in [0.5, 0.6) is 0 Å². The molecule has 0 saturated carbocycles. The van der Waals surface area contributed by atoms with Crippen molar-refractivity contribution in [3.05, 3.63) is 35.6 Å². The minimum atomic E-state index is -0.553. The highest BCUT2D eigenvalue weighted by Crippen LogP contribution is 2.22. The summed E-state index contributed by atoms with van der Waals surface area (Å²) < 4.78 is 18.8. The maximum atomic E-state index is 13.5. The smallest absolute Gasteiger partial charge is 0.236 e. The van der Waals surface area contributed by atoms with Crippen LogP contribution in [0.25, 0.3) is 0 Å². The lowest BCUT2D eigenvalue weighted by molar-refractivity contribution is -0.122. The molecule has 116 valence electrons. The second kappa shape index (κ2) is 7.49. The number of morpholine rings is 1. The molecule has 0 aliphatic carbocycles. The number of nitrogens with one attached hydrogen (secondary N) is 1. The first-order valence-corrected chi connectivity index (χ1v) is 7.18. The largest absolute Gasteiger partial charge is 0.379 e. The van der Waals surface area contributed by atoms with E-state index in [1.807, 2.05) is 6.07 Å². The Hall–Kier alpha value is -1.50. The molecule has 1 amide bonds. The number of benzene rings is 1. The van der Waals surface area contributed by atoms with E-state index in [1.54, 1.807) is 13.0 Å². The van der Waals surface area contributed by atoms with Gasteiger partial charge in [-0.3, -0.25) is 9.69 Å². The molecule has 1 unspecified atom stereocenters. The molecular weight excluding hydrogens is 273 g/mol. The van der Waals surface area contributed by atoms with E-state index in [4.69, 9.17) is 10.5 Å². The topological polar surface area (TPSA) is 67.6 Å². The summed E-state index contributed by atoms with van der Waals surface area (Å²) in [5, 5.41) is 2.83. The SMILES string of the molecule is C[C@@H](N)C(=O)NCC(c1cccc(F)c1)N1CCOCC1. The fraction of sp³-hybridized carbons (Fsp3) is 0.533. The molecule has 0 aromatic heterocycles. The Labute approximate surface area is 124 Å². The fourth-order valence-electron chi connectivity index (χ4n) is 2.42. The number of rotatable bonds is 5. The molecule has 3 N–H and O–H groups in total. The molecule has 0 spiro atoms. The van der Waals surface area contributed by atoms with Gasteiger partial charge in [0.1, 0.15) is 5.82 Å². The van der Waals surface area contributed by atoms with Crippen LogP contribution in [0.1, 0.15) is 18.5 Å². The minimum absolute atomic E-state index is 0.0766. The van der Waals surface area contributed by atoms with Crippen LogP contribution >= 0.6 is 0 Å². The number of halogens is 1. The standard InChI is InChI=1S/C15H22FN3O2/c1-11(17)15(20)18-10-14(19-5-7-21-8-6-19)12-3-2-4-13(16)9-12/h2-4,9,11,14H,5-8,10,17H2,1H3,(H,18,20)/t11-,14?/m1/s1. The van der Waals surface area contributed by atoms with Crippen molar-refractivity contribution in [2.45, 2.75) is 19.0 Å². The third-order valence-corrected chi connectivity index (χ3v) is 3.60. The molecule has 21 heavy (non-hydrogen) atoms. The lowest BCUT2D eigenvalue weighted by atomic mass is 10.0. The van der Waals surface area contributed by atoms with Crippen LogP contribution in [0.15, 0.2) is 24.3 Å². The van der Waals surface area contributed by atoms with Crippen LogP contribution in [0.4, 0.5) is 4.39 Å². The number of hydrogen-bond acceptors (Lipinski definition) is 4. The van der Waals surface area contributed by atoms with E-state index in [-0.39, 0.29) is 17.8 Å². The van der Waals surface area contributed by atoms with Crippen LogP contribution in [-0.4, -0.2) is 49.7 Å². The quantitative estimate of drug-likeness (QED) is 0.837. The van der Waals surface area contributed by atoms with Crippen molar-refractivity contribution in [2.75, 3.05) is 32.8 Å². The summed E-state index contributed by atoms with van der Waals surface area (Å²) in [5.41, 5.74) is 6.41. The predicted molar refractivity (Wildman–Crippen MR) is 78.2 cm³/mol. The van der Waals surface area contributed by atoms with Crippen LogP contribution in [-0.2, 0) is 9.53 Å². The first-order valence-electron chi connectivity index (χ1n) is 7.18. The molecular formula is C15H22FN3O2. The second-order valence-corrected chi connectivity index (χ2v) is 5.25. The van der Waals surface area contributed by atoms with Gasteiger partial charge in [-0.15, -0.1) is 0 Å². The maximum absolute atomic E-state index is 13.5. The van der Waals surface area contributed by atoms with Crippen molar-refractivity contribution in [1.29, 1.82) is 0 Å². The van der Waals surface area contributed by atoms with E-state index in [9.17, 15) is 9.18 Å². The Morgan fingerprint density at radius 2 is 2.19 bits per heavy atom. The highest BCUT2D eigenvalue weighted by molar-refractivity contribution is 5.80. The summed E-state index contributed by atoms with van der Waals surface area (Å²) in [6.45, 7) is 4.86. The molecule has 1 saturated heterocycles. The molecule has 2 atom stereocenters. The zero-order valence-corrected chi connectivity index (χ0v) is 12.2. The molecule has 1 aromatic carbocycles. The van der Waals surface area contributed by atoms with Gasteiger partial charge < -0.3 is 15.8 Å². The lowest BCUT2D eigenvalue weighted by Crippen LogP contribution is -2.46. The predicted octanol–water partition coefficient (Wildman–Crippen LogP) is 0.662. The molecule has 1 heterocycles. The van der Waals surface area contributed by atoms with Gasteiger partial charge in [-0.1, -0.05) is 12.1 Å². The van der Waals surface area contributed by atoms with E-state index in [0.717, 1.165) is 18.7 Å². The summed E-state index contributed by atoms with van der Waals surface area (Å²) in [7, 11) is 0. The van der Waals surface area contributed by atoms with E-state index in [0.29, 0.717) is 19.8 Å². The number of hydrogen-bond donors (Lipinski definition) is 2. The number of carbonyl (C=O) groups is 1. The number of carbonyl (C=O) groups excluding carboxylic acids is 1. The maximum Gasteiger partial charge on any atom is 0.236 e. The van der Waals surface area contributed by atoms with Crippen molar-refractivity contribution >= 4 is 5.91 Å². The van der Waals surface area contributed by atoms with Crippen LogP contribution in [0.2, 0.25) is 0 Å². The summed E-state index contributed by atoms with van der Waals surface area (Å²) in [4.78, 5) is 13.9. The fourth-order valence-corrected chi connectivity index (χ4v) is 2.42. The van der Waals surface area contributed by atoms with Crippen molar-refractivity contribution in [3.8, 4) is 0 Å². The second-order valence-electron chi connectivity index (χ2n) is 5.25. The molecule has 0 radical (unpaired) electrons. The van der Waals surface area contributed by atoms with Gasteiger partial charge in [0, 0.05) is 19.6 Å². The first kappa shape index (κ1) is 15.9. The Morgan fingerprint density at radius 1 is 1.48 bits per heavy atom. The molecule has 6 heteroatoms. The average Bonchev–Trinajstić information content (AvgIpc) is 2.48. The number of nitrogens with two attached hydrogens (primary N) is 1. The molecule has 1 aliphatic rings. The summed E-state index contributed by atoms with van der Waals surface area (Å²) in [6.07, 6.45) is 0. The van der Waals surface area contributed by atoms with Crippen molar-refractivity contribution < 1.29 is 13.9 Å². The highest BCUT2D eigenvalue weighted by Gasteiger charge is 2.23. The van der Waals surface area contributed by atoms with E-state index >= 15 is 0 Å². The summed E-state index contributed by atoms with van der Waals surface area (Å²) >= 11 is 0. The third kappa shape index (κ3) is 4.49. The van der Waals surface area contributed by atoms with E-state index < -0.39 is 6.04 Å². The van der Waals surface area contributed by atoms with Gasteiger partial charge in [0.2, 0.25) is 5.91 Å². The monoisotopic (exact) mass is 295 g/mol. The summed E-state index contributed by atoms with van der Waals surface area (Å²) in [5.74, 6) is -0.478. The third-order valence-electron chi connectivity index (χ3n) is 3.60. The van der Waals surface area contributed by atoms with Gasteiger partial charge in [0.05, 0.1) is 25.3 Å². The number of ether oxygens (including phenoxy) is 1. The van der Waals surface area contributed by atoms with Gasteiger partial charge in [-0.2, -0.15) is 0 Å². The van der Waals surface area contributed by atoms with E-state index in [1.165, 1.54) is 12.1 Å². The van der Waals surface area contributed by atoms with Crippen LogP contribution in [0, 0.1) is 5.82 Å². The van der Waals surface area contributed by atoms with Gasteiger partial charge in [-0.25, -0.2) is 4.39 Å². The van der Waals surface area contributed by atoms with Gasteiger partial charge >= 0.3 is 0 Å². The van der Waals surface area contributed by atoms with Gasteiger partial charge in [0.25, 0.3) is 0 Å². The number of amides is 1. The molecule has 2 rings (SSSR count). The zero-order valence-electron chi connectivity index (χ0n) is 12.2. The van der Waals surface area contributed by atoms with Gasteiger partial charge in [0.15, 0.2) is 0 Å². The lowest BCUT2D eigenvalue weighted by Gasteiger charge is -2.35. The molecule has 1 aliphatic heterocycles. The Balaban J connectivity index is 2.11. The highest BCUT2D eigenvalue weighted by atomic mass is 19.1. The normalized spacial score (nSPS) is 19.0. The van der Waals surface area contributed by atoms with Crippen molar-refractivity contribution in [2.24, 2.45) is 5.73 Å². The molecule has 0 bridgehead atoms. The average molecular weight is 295 g/mol. The van der Waals surface area contributed by atoms with E-state index in [2.05, 4.69) is 10.2 Å². The Bertz CT molecular complexity index is 476. The molecule has 5 nitrogen and oxygen atoms in total.